The molecule has 0 aliphatic carbocycles. The lowest BCUT2D eigenvalue weighted by Crippen LogP contribution is -2.23. The molecule has 0 aliphatic rings. The standard InChI is InChI=1S/C14H21ClFN/c1-4-7-17-14(8-10(2)3)11-5-6-12(15)13(16)9-11/h5-6,9-10,14,17H,4,7-8H2,1-3H3. The minimum absolute atomic E-state index is 0.188. The van der Waals surface area contributed by atoms with Crippen molar-refractivity contribution in [1.29, 1.82) is 0 Å². The second kappa shape index (κ2) is 6.97. The molecule has 1 atom stereocenters. The summed E-state index contributed by atoms with van der Waals surface area (Å²) in [5, 5.41) is 3.64. The van der Waals surface area contributed by atoms with E-state index in [9.17, 15) is 4.39 Å². The summed E-state index contributed by atoms with van der Waals surface area (Å²) in [7, 11) is 0. The molecule has 0 saturated carbocycles. The molecule has 1 unspecified atom stereocenters. The molecule has 3 heteroatoms. The van der Waals surface area contributed by atoms with Crippen molar-refractivity contribution in [3.8, 4) is 0 Å². The van der Waals surface area contributed by atoms with Gasteiger partial charge in [0.05, 0.1) is 5.02 Å². The van der Waals surface area contributed by atoms with Crippen LogP contribution in [0.25, 0.3) is 0 Å². The second-order valence-corrected chi connectivity index (χ2v) is 5.22. The highest BCUT2D eigenvalue weighted by Gasteiger charge is 2.14. The van der Waals surface area contributed by atoms with Gasteiger partial charge in [-0.05, 0) is 43.0 Å². The third-order valence-electron chi connectivity index (χ3n) is 2.69. The maximum absolute atomic E-state index is 13.4. The van der Waals surface area contributed by atoms with Crippen molar-refractivity contribution < 1.29 is 4.39 Å². The van der Waals surface area contributed by atoms with Gasteiger partial charge < -0.3 is 5.32 Å². The SMILES string of the molecule is CCCNC(CC(C)C)c1ccc(Cl)c(F)c1. The Morgan fingerprint density at radius 1 is 1.35 bits per heavy atom. The first kappa shape index (κ1) is 14.5. The zero-order valence-corrected chi connectivity index (χ0v) is 11.5. The van der Waals surface area contributed by atoms with Gasteiger partial charge in [-0.1, -0.05) is 38.4 Å². The number of rotatable bonds is 6. The molecule has 0 spiro atoms. The van der Waals surface area contributed by atoms with Crippen molar-refractivity contribution in [2.45, 2.75) is 39.7 Å². The highest BCUT2D eigenvalue weighted by Crippen LogP contribution is 2.24. The first-order valence-electron chi connectivity index (χ1n) is 6.23. The Labute approximate surface area is 108 Å². The number of hydrogen-bond acceptors (Lipinski definition) is 1. The van der Waals surface area contributed by atoms with Crippen LogP contribution in [0.4, 0.5) is 4.39 Å². The van der Waals surface area contributed by atoms with Crippen LogP contribution in [-0.4, -0.2) is 6.54 Å². The third-order valence-corrected chi connectivity index (χ3v) is 3.00. The number of halogens is 2. The average Bonchev–Trinajstić information content (AvgIpc) is 2.27. The summed E-state index contributed by atoms with van der Waals surface area (Å²) in [5.74, 6) is 0.235. The minimum Gasteiger partial charge on any atom is -0.310 e. The van der Waals surface area contributed by atoms with E-state index in [-0.39, 0.29) is 16.9 Å². The van der Waals surface area contributed by atoms with Crippen molar-refractivity contribution in [2.24, 2.45) is 5.92 Å². The Bertz CT molecular complexity index is 352. The molecule has 0 aliphatic heterocycles. The molecule has 0 fully saturated rings. The second-order valence-electron chi connectivity index (χ2n) is 4.81. The molecule has 1 aromatic carbocycles. The molecule has 0 saturated heterocycles. The Hall–Kier alpha value is -0.600. The first-order chi connectivity index (χ1) is 8.04. The van der Waals surface area contributed by atoms with Crippen LogP contribution >= 0.6 is 11.6 Å². The maximum Gasteiger partial charge on any atom is 0.142 e. The fourth-order valence-corrected chi connectivity index (χ4v) is 1.97. The lowest BCUT2D eigenvalue weighted by Gasteiger charge is -2.21. The van der Waals surface area contributed by atoms with Gasteiger partial charge in [0, 0.05) is 6.04 Å². The van der Waals surface area contributed by atoms with E-state index in [0.29, 0.717) is 5.92 Å². The van der Waals surface area contributed by atoms with Crippen molar-refractivity contribution in [1.82, 2.24) is 5.32 Å². The predicted molar refractivity (Wildman–Crippen MR) is 71.9 cm³/mol. The normalized spacial score (nSPS) is 13.1. The van der Waals surface area contributed by atoms with E-state index in [2.05, 4.69) is 26.1 Å². The molecule has 1 rings (SSSR count). The molecule has 1 nitrogen and oxygen atoms in total. The van der Waals surface area contributed by atoms with Crippen LogP contribution in [0.1, 0.15) is 45.2 Å². The predicted octanol–water partition coefficient (Wildman–Crippen LogP) is 4.57. The molecule has 0 radical (unpaired) electrons. The van der Waals surface area contributed by atoms with Crippen LogP contribution < -0.4 is 5.32 Å². The van der Waals surface area contributed by atoms with E-state index in [1.54, 1.807) is 6.07 Å². The fourth-order valence-electron chi connectivity index (χ4n) is 1.86. The van der Waals surface area contributed by atoms with Gasteiger partial charge in [0.15, 0.2) is 0 Å². The highest BCUT2D eigenvalue weighted by atomic mass is 35.5. The molecular weight excluding hydrogens is 237 g/mol. The molecule has 1 N–H and O–H groups in total. The Balaban J connectivity index is 2.83. The van der Waals surface area contributed by atoms with Crippen molar-refractivity contribution >= 4 is 11.6 Å². The van der Waals surface area contributed by atoms with Crippen LogP contribution in [0, 0.1) is 11.7 Å². The van der Waals surface area contributed by atoms with Crippen molar-refractivity contribution in [3.63, 3.8) is 0 Å². The van der Waals surface area contributed by atoms with Crippen molar-refractivity contribution in [3.05, 3.63) is 34.6 Å². The summed E-state index contributed by atoms with van der Waals surface area (Å²) in [6, 6.07) is 5.29. The lowest BCUT2D eigenvalue weighted by atomic mass is 9.97. The maximum atomic E-state index is 13.4. The van der Waals surface area contributed by atoms with Crippen LogP contribution in [0.2, 0.25) is 5.02 Å². The zero-order valence-electron chi connectivity index (χ0n) is 10.8. The van der Waals surface area contributed by atoms with Crippen LogP contribution in [0.3, 0.4) is 0 Å². The Kier molecular flexibility index (Phi) is 5.93. The monoisotopic (exact) mass is 257 g/mol. The van der Waals surface area contributed by atoms with Crippen molar-refractivity contribution in [2.75, 3.05) is 6.54 Å². The van der Waals surface area contributed by atoms with E-state index < -0.39 is 0 Å². The van der Waals surface area contributed by atoms with Gasteiger partial charge in [0.25, 0.3) is 0 Å². The summed E-state index contributed by atoms with van der Waals surface area (Å²) in [6.45, 7) is 7.42. The Morgan fingerprint density at radius 3 is 2.59 bits per heavy atom. The summed E-state index contributed by atoms with van der Waals surface area (Å²) in [5.41, 5.74) is 0.981. The van der Waals surface area contributed by atoms with E-state index in [4.69, 9.17) is 11.6 Å². The third kappa shape index (κ3) is 4.64. The average molecular weight is 258 g/mol. The van der Waals surface area contributed by atoms with E-state index in [1.165, 1.54) is 6.07 Å². The summed E-state index contributed by atoms with van der Waals surface area (Å²) in [6.07, 6.45) is 2.08. The van der Waals surface area contributed by atoms with E-state index >= 15 is 0 Å². The molecule has 96 valence electrons. The molecule has 0 aromatic heterocycles. The molecule has 17 heavy (non-hydrogen) atoms. The molecule has 0 heterocycles. The lowest BCUT2D eigenvalue weighted by molar-refractivity contribution is 0.428. The minimum atomic E-state index is -0.337. The van der Waals surface area contributed by atoms with Gasteiger partial charge in [-0.2, -0.15) is 0 Å². The van der Waals surface area contributed by atoms with Crippen LogP contribution in [0.15, 0.2) is 18.2 Å². The van der Waals surface area contributed by atoms with E-state index in [1.807, 2.05) is 6.07 Å². The van der Waals surface area contributed by atoms with Gasteiger partial charge >= 0.3 is 0 Å². The fraction of sp³-hybridized carbons (Fsp3) is 0.571. The molecular formula is C14H21ClFN. The van der Waals surface area contributed by atoms with Gasteiger partial charge in [-0.3, -0.25) is 0 Å². The van der Waals surface area contributed by atoms with E-state index in [0.717, 1.165) is 24.9 Å². The number of nitrogens with one attached hydrogen (secondary N) is 1. The highest BCUT2D eigenvalue weighted by molar-refractivity contribution is 6.30. The van der Waals surface area contributed by atoms with Crippen LogP contribution in [-0.2, 0) is 0 Å². The number of hydrogen-bond donors (Lipinski definition) is 1. The quantitative estimate of drug-likeness (QED) is 0.787. The molecule has 0 amide bonds. The van der Waals surface area contributed by atoms with Gasteiger partial charge in [0.2, 0.25) is 0 Å². The molecule has 1 aromatic rings. The summed E-state index contributed by atoms with van der Waals surface area (Å²) < 4.78 is 13.4. The largest absolute Gasteiger partial charge is 0.310 e. The number of benzene rings is 1. The summed E-state index contributed by atoms with van der Waals surface area (Å²) >= 11 is 5.70. The smallest absolute Gasteiger partial charge is 0.142 e. The molecule has 0 bridgehead atoms. The topological polar surface area (TPSA) is 12.0 Å². The Morgan fingerprint density at radius 2 is 2.06 bits per heavy atom. The summed E-state index contributed by atoms with van der Waals surface area (Å²) in [4.78, 5) is 0. The van der Waals surface area contributed by atoms with Gasteiger partial charge in [0.1, 0.15) is 5.82 Å². The van der Waals surface area contributed by atoms with Crippen LogP contribution in [0.5, 0.6) is 0 Å². The zero-order chi connectivity index (χ0) is 12.8. The first-order valence-corrected chi connectivity index (χ1v) is 6.60. The van der Waals surface area contributed by atoms with Gasteiger partial charge in [-0.25, -0.2) is 4.39 Å². The van der Waals surface area contributed by atoms with Gasteiger partial charge in [-0.15, -0.1) is 0 Å².